The van der Waals surface area contributed by atoms with Crippen LogP contribution in [0, 0.1) is 0 Å². The van der Waals surface area contributed by atoms with Crippen molar-refractivity contribution in [1.82, 2.24) is 5.32 Å². The van der Waals surface area contributed by atoms with Crippen LogP contribution < -0.4 is 5.32 Å². The zero-order chi connectivity index (χ0) is 13.3. The van der Waals surface area contributed by atoms with E-state index in [-0.39, 0.29) is 6.04 Å². The van der Waals surface area contributed by atoms with E-state index in [1.807, 2.05) is 0 Å². The molecule has 0 amide bonds. The second kappa shape index (κ2) is 5.91. The first-order chi connectivity index (χ1) is 8.50. The maximum atomic E-state index is 12.3. The van der Waals surface area contributed by atoms with Gasteiger partial charge in [-0.1, -0.05) is 37.0 Å². The number of nitrogens with one attached hydrogen (secondary N) is 1. The van der Waals surface area contributed by atoms with Gasteiger partial charge in [0.2, 0.25) is 0 Å². The Hall–Kier alpha value is -0.0900. The van der Waals surface area contributed by atoms with E-state index in [0.717, 1.165) is 23.3 Å². The van der Waals surface area contributed by atoms with E-state index in [1.165, 1.54) is 0 Å². The molecule has 1 heterocycles. The molecule has 0 aromatic heterocycles. The first-order valence-corrected chi connectivity index (χ1v) is 8.20. The zero-order valence-corrected chi connectivity index (χ0v) is 12.8. The highest BCUT2D eigenvalue weighted by Crippen LogP contribution is 2.38. The van der Waals surface area contributed by atoms with Gasteiger partial charge >= 0.3 is 0 Å². The highest BCUT2D eigenvalue weighted by atomic mass is 35.5. The molecule has 5 heteroatoms. The number of fused-ring (bicyclic) bond motifs is 1. The number of benzene rings is 1. The maximum absolute atomic E-state index is 12.3. The van der Waals surface area contributed by atoms with Crippen molar-refractivity contribution in [1.29, 1.82) is 0 Å². The van der Waals surface area contributed by atoms with Crippen LogP contribution in [0.5, 0.6) is 0 Å². The molecule has 2 unspecified atom stereocenters. The third kappa shape index (κ3) is 2.90. The predicted octanol–water partition coefficient (Wildman–Crippen LogP) is 3.93. The van der Waals surface area contributed by atoms with Gasteiger partial charge in [0, 0.05) is 28.4 Å². The normalized spacial score (nSPS) is 23.8. The van der Waals surface area contributed by atoms with Crippen LogP contribution in [-0.4, -0.2) is 16.0 Å². The lowest BCUT2D eigenvalue weighted by Gasteiger charge is -2.23. The summed E-state index contributed by atoms with van der Waals surface area (Å²) in [7, 11) is -1.05. The molecule has 0 saturated heterocycles. The summed E-state index contributed by atoms with van der Waals surface area (Å²) in [5.41, 5.74) is 0.925. The molecule has 2 rings (SSSR count). The molecule has 0 saturated carbocycles. The standard InChI is InChI=1S/C13H17Cl2NOS/c1-8(2)16-11-4-3-7-18(17)13-10(15)6-5-9(14)12(11)13/h5-6,8,11,16H,3-4,7H2,1-2H3. The molecule has 0 fully saturated rings. The van der Waals surface area contributed by atoms with Gasteiger partial charge in [-0.05, 0) is 25.0 Å². The van der Waals surface area contributed by atoms with Crippen molar-refractivity contribution in [2.75, 3.05) is 5.75 Å². The molecule has 0 aliphatic carbocycles. The summed E-state index contributed by atoms with van der Waals surface area (Å²) in [6, 6.07) is 4.01. The molecule has 2 atom stereocenters. The van der Waals surface area contributed by atoms with Gasteiger partial charge in [0.25, 0.3) is 0 Å². The summed E-state index contributed by atoms with van der Waals surface area (Å²) >= 11 is 12.5. The van der Waals surface area contributed by atoms with Crippen LogP contribution in [0.25, 0.3) is 0 Å². The highest BCUT2D eigenvalue weighted by Gasteiger charge is 2.27. The van der Waals surface area contributed by atoms with Crippen LogP contribution in [0.2, 0.25) is 10.0 Å². The fourth-order valence-electron chi connectivity index (χ4n) is 2.34. The number of hydrogen-bond donors (Lipinski definition) is 1. The van der Waals surface area contributed by atoms with Crippen LogP contribution in [0.1, 0.15) is 38.3 Å². The van der Waals surface area contributed by atoms with Gasteiger partial charge < -0.3 is 5.32 Å². The Balaban J connectivity index is 2.54. The molecule has 0 radical (unpaired) electrons. The first kappa shape index (κ1) is 14.3. The van der Waals surface area contributed by atoms with E-state index in [0.29, 0.717) is 21.8 Å². The predicted molar refractivity (Wildman–Crippen MR) is 78.0 cm³/mol. The van der Waals surface area contributed by atoms with Crippen LogP contribution >= 0.6 is 23.2 Å². The third-order valence-electron chi connectivity index (χ3n) is 3.03. The molecule has 0 bridgehead atoms. The molecule has 1 aromatic carbocycles. The number of hydrogen-bond acceptors (Lipinski definition) is 2. The van der Waals surface area contributed by atoms with Gasteiger partial charge in [-0.3, -0.25) is 4.21 Å². The largest absolute Gasteiger partial charge is 0.308 e. The van der Waals surface area contributed by atoms with Gasteiger partial charge in [0.05, 0.1) is 20.7 Å². The van der Waals surface area contributed by atoms with Crippen molar-refractivity contribution in [3.8, 4) is 0 Å². The Morgan fingerprint density at radius 1 is 1.33 bits per heavy atom. The maximum Gasteiger partial charge on any atom is 0.0636 e. The van der Waals surface area contributed by atoms with E-state index < -0.39 is 10.8 Å². The summed E-state index contributed by atoms with van der Waals surface area (Å²) in [5.74, 6) is 0.656. The Morgan fingerprint density at radius 3 is 2.67 bits per heavy atom. The van der Waals surface area contributed by atoms with Crippen molar-refractivity contribution in [3.63, 3.8) is 0 Å². The Bertz CT molecular complexity index is 476. The molecular formula is C13H17Cl2NOS. The van der Waals surface area contributed by atoms with Gasteiger partial charge in [-0.15, -0.1) is 0 Å². The topological polar surface area (TPSA) is 29.1 Å². The lowest BCUT2D eigenvalue weighted by atomic mass is 10.0. The molecule has 1 N–H and O–H groups in total. The molecule has 100 valence electrons. The summed E-state index contributed by atoms with van der Waals surface area (Å²) < 4.78 is 12.3. The average molecular weight is 306 g/mol. The van der Waals surface area contributed by atoms with Gasteiger partial charge in [-0.25, -0.2) is 0 Å². The average Bonchev–Trinajstić information content (AvgIpc) is 2.44. The zero-order valence-electron chi connectivity index (χ0n) is 10.5. The monoisotopic (exact) mass is 305 g/mol. The lowest BCUT2D eigenvalue weighted by Crippen LogP contribution is -2.28. The van der Waals surface area contributed by atoms with E-state index >= 15 is 0 Å². The van der Waals surface area contributed by atoms with Crippen molar-refractivity contribution in [2.24, 2.45) is 0 Å². The Kier molecular flexibility index (Phi) is 4.70. The van der Waals surface area contributed by atoms with Crippen LogP contribution in [0.4, 0.5) is 0 Å². The molecule has 2 nitrogen and oxygen atoms in total. The van der Waals surface area contributed by atoms with Crippen molar-refractivity contribution < 1.29 is 4.21 Å². The smallest absolute Gasteiger partial charge is 0.0636 e. The summed E-state index contributed by atoms with van der Waals surface area (Å²) in [4.78, 5) is 0.722. The quantitative estimate of drug-likeness (QED) is 0.897. The van der Waals surface area contributed by atoms with E-state index in [1.54, 1.807) is 12.1 Å². The van der Waals surface area contributed by atoms with Gasteiger partial charge in [-0.2, -0.15) is 0 Å². The Labute approximate surface area is 121 Å². The molecule has 0 spiro atoms. The van der Waals surface area contributed by atoms with E-state index in [9.17, 15) is 4.21 Å². The minimum absolute atomic E-state index is 0.137. The van der Waals surface area contributed by atoms with Crippen LogP contribution in [0.15, 0.2) is 17.0 Å². The molecule has 1 aliphatic heterocycles. The highest BCUT2D eigenvalue weighted by molar-refractivity contribution is 7.85. The summed E-state index contributed by atoms with van der Waals surface area (Å²) in [6.07, 6.45) is 1.86. The van der Waals surface area contributed by atoms with E-state index in [2.05, 4.69) is 19.2 Å². The number of rotatable bonds is 2. The minimum Gasteiger partial charge on any atom is -0.308 e. The number of halogens is 2. The fourth-order valence-corrected chi connectivity index (χ4v) is 4.52. The lowest BCUT2D eigenvalue weighted by molar-refractivity contribution is 0.448. The van der Waals surface area contributed by atoms with Crippen molar-refractivity contribution in [2.45, 2.75) is 43.7 Å². The second-order valence-corrected chi connectivity index (χ2v) is 7.16. The summed E-state index contributed by atoms with van der Waals surface area (Å²) in [6.45, 7) is 4.19. The Morgan fingerprint density at radius 2 is 2.00 bits per heavy atom. The second-order valence-electron chi connectivity index (χ2n) is 4.84. The van der Waals surface area contributed by atoms with Crippen molar-refractivity contribution >= 4 is 34.0 Å². The molecule has 1 aliphatic rings. The summed E-state index contributed by atoms with van der Waals surface area (Å²) in [5, 5.41) is 4.70. The molecule has 18 heavy (non-hydrogen) atoms. The first-order valence-electron chi connectivity index (χ1n) is 6.13. The third-order valence-corrected chi connectivity index (χ3v) is 5.34. The molecular weight excluding hydrogens is 289 g/mol. The van der Waals surface area contributed by atoms with Crippen LogP contribution in [-0.2, 0) is 10.8 Å². The van der Waals surface area contributed by atoms with Gasteiger partial charge in [0.1, 0.15) is 0 Å². The van der Waals surface area contributed by atoms with Crippen LogP contribution in [0.3, 0.4) is 0 Å². The van der Waals surface area contributed by atoms with Crippen molar-refractivity contribution in [3.05, 3.63) is 27.7 Å². The van der Waals surface area contributed by atoms with E-state index in [4.69, 9.17) is 23.2 Å². The molecule has 1 aromatic rings. The van der Waals surface area contributed by atoms with Gasteiger partial charge in [0.15, 0.2) is 0 Å². The fraction of sp³-hybridized carbons (Fsp3) is 0.538. The minimum atomic E-state index is -1.05. The SMILES string of the molecule is CC(C)NC1CCCS(=O)c2c(Cl)ccc(Cl)c21.